The molecule has 1 saturated carbocycles. The molecule has 0 aliphatic heterocycles. The maximum Gasteiger partial charge on any atom is 0.302 e. The predicted molar refractivity (Wildman–Crippen MR) is 78.9 cm³/mol. The Labute approximate surface area is 120 Å². The molecule has 0 saturated heterocycles. The van der Waals surface area contributed by atoms with E-state index >= 15 is 0 Å². The molecule has 1 aromatic carbocycles. The summed E-state index contributed by atoms with van der Waals surface area (Å²) in [6.07, 6.45) is 6.10. The van der Waals surface area contributed by atoms with E-state index in [-0.39, 0.29) is 12.1 Å². The van der Waals surface area contributed by atoms with Gasteiger partial charge in [0.1, 0.15) is 18.5 Å². The molecule has 0 bridgehead atoms. The van der Waals surface area contributed by atoms with Crippen LogP contribution in [-0.2, 0) is 9.53 Å². The molecule has 0 N–H and O–H groups in total. The summed E-state index contributed by atoms with van der Waals surface area (Å²) in [4.78, 5) is 11.2. The molecule has 0 heterocycles. The SMILES string of the molecule is C=CCOc1ccc([C@H]2CCCC[C@@H]2OC(C)=O)cc1. The molecule has 0 aromatic heterocycles. The van der Waals surface area contributed by atoms with Gasteiger partial charge in [-0.2, -0.15) is 0 Å². The highest BCUT2D eigenvalue weighted by molar-refractivity contribution is 5.66. The van der Waals surface area contributed by atoms with Crippen LogP contribution in [-0.4, -0.2) is 18.7 Å². The summed E-state index contributed by atoms with van der Waals surface area (Å²) in [6, 6.07) is 8.09. The van der Waals surface area contributed by atoms with E-state index in [9.17, 15) is 4.79 Å². The highest BCUT2D eigenvalue weighted by Gasteiger charge is 2.28. The zero-order chi connectivity index (χ0) is 14.4. The fourth-order valence-electron chi connectivity index (χ4n) is 2.80. The molecule has 2 atom stereocenters. The summed E-state index contributed by atoms with van der Waals surface area (Å²) in [5.74, 6) is 0.961. The number of hydrogen-bond donors (Lipinski definition) is 0. The Bertz CT molecular complexity index is 450. The Balaban J connectivity index is 2.07. The average Bonchev–Trinajstić information content (AvgIpc) is 2.46. The lowest BCUT2D eigenvalue weighted by molar-refractivity contribution is -0.148. The first-order valence-corrected chi connectivity index (χ1v) is 7.21. The van der Waals surface area contributed by atoms with E-state index in [4.69, 9.17) is 9.47 Å². The zero-order valence-corrected chi connectivity index (χ0v) is 12.0. The van der Waals surface area contributed by atoms with Crippen molar-refractivity contribution >= 4 is 5.97 Å². The highest BCUT2D eigenvalue weighted by atomic mass is 16.5. The molecule has 1 aliphatic carbocycles. The third kappa shape index (κ3) is 3.86. The number of rotatable bonds is 5. The van der Waals surface area contributed by atoms with Crippen molar-refractivity contribution in [3.05, 3.63) is 42.5 Å². The summed E-state index contributed by atoms with van der Waals surface area (Å²) in [5.41, 5.74) is 1.22. The molecule has 1 aromatic rings. The van der Waals surface area contributed by atoms with Crippen LogP contribution in [0.15, 0.2) is 36.9 Å². The van der Waals surface area contributed by atoms with Gasteiger partial charge in [0.05, 0.1) is 0 Å². The summed E-state index contributed by atoms with van der Waals surface area (Å²) in [6.45, 7) is 5.63. The van der Waals surface area contributed by atoms with E-state index in [1.54, 1.807) is 6.08 Å². The number of carbonyl (C=O) groups excluding carboxylic acids is 1. The Hall–Kier alpha value is -1.77. The van der Waals surface area contributed by atoms with Crippen LogP contribution in [0.25, 0.3) is 0 Å². The largest absolute Gasteiger partial charge is 0.490 e. The van der Waals surface area contributed by atoms with Crippen LogP contribution >= 0.6 is 0 Å². The van der Waals surface area contributed by atoms with Gasteiger partial charge in [0.25, 0.3) is 0 Å². The van der Waals surface area contributed by atoms with Gasteiger partial charge in [0, 0.05) is 12.8 Å². The third-order valence-electron chi connectivity index (χ3n) is 3.70. The lowest BCUT2D eigenvalue weighted by atomic mass is 9.81. The van der Waals surface area contributed by atoms with E-state index in [1.165, 1.54) is 18.9 Å². The van der Waals surface area contributed by atoms with Crippen LogP contribution < -0.4 is 4.74 Å². The van der Waals surface area contributed by atoms with Gasteiger partial charge in [-0.3, -0.25) is 4.79 Å². The monoisotopic (exact) mass is 274 g/mol. The van der Waals surface area contributed by atoms with E-state index in [0.717, 1.165) is 25.0 Å². The number of benzene rings is 1. The van der Waals surface area contributed by atoms with Crippen molar-refractivity contribution in [1.82, 2.24) is 0 Å². The fourth-order valence-corrected chi connectivity index (χ4v) is 2.80. The second kappa shape index (κ2) is 7.13. The van der Waals surface area contributed by atoms with Crippen LogP contribution in [0, 0.1) is 0 Å². The van der Waals surface area contributed by atoms with Gasteiger partial charge in [0.2, 0.25) is 0 Å². The molecule has 0 unspecified atom stereocenters. The van der Waals surface area contributed by atoms with Crippen molar-refractivity contribution in [2.45, 2.75) is 44.6 Å². The smallest absolute Gasteiger partial charge is 0.302 e. The van der Waals surface area contributed by atoms with Gasteiger partial charge in [-0.1, -0.05) is 31.2 Å². The van der Waals surface area contributed by atoms with Crippen LogP contribution in [0.3, 0.4) is 0 Å². The van der Waals surface area contributed by atoms with E-state index < -0.39 is 0 Å². The lowest BCUT2D eigenvalue weighted by Crippen LogP contribution is -2.27. The first-order valence-electron chi connectivity index (χ1n) is 7.21. The van der Waals surface area contributed by atoms with Crippen molar-refractivity contribution in [3.63, 3.8) is 0 Å². The topological polar surface area (TPSA) is 35.5 Å². The Morgan fingerprint density at radius 1 is 1.30 bits per heavy atom. The minimum atomic E-state index is -0.187. The second-order valence-corrected chi connectivity index (χ2v) is 5.21. The van der Waals surface area contributed by atoms with E-state index in [1.807, 2.05) is 12.1 Å². The first kappa shape index (κ1) is 14.6. The standard InChI is InChI=1S/C17H22O3/c1-3-12-19-15-10-8-14(9-11-15)16-6-4-5-7-17(16)20-13(2)18/h3,8-11,16-17H,1,4-7,12H2,2H3/t16-,17+/m1/s1. The Morgan fingerprint density at radius 3 is 2.65 bits per heavy atom. The number of esters is 1. The quantitative estimate of drug-likeness (QED) is 0.604. The number of hydrogen-bond acceptors (Lipinski definition) is 3. The number of ether oxygens (including phenoxy) is 2. The third-order valence-corrected chi connectivity index (χ3v) is 3.70. The van der Waals surface area contributed by atoms with Gasteiger partial charge >= 0.3 is 5.97 Å². The summed E-state index contributed by atoms with van der Waals surface area (Å²) in [7, 11) is 0. The Kier molecular flexibility index (Phi) is 5.22. The normalized spacial score (nSPS) is 22.1. The molecule has 108 valence electrons. The summed E-state index contributed by atoms with van der Waals surface area (Å²) in [5, 5.41) is 0. The fraction of sp³-hybridized carbons (Fsp3) is 0.471. The maximum atomic E-state index is 11.2. The van der Waals surface area contributed by atoms with Crippen LogP contribution in [0.5, 0.6) is 5.75 Å². The molecule has 3 heteroatoms. The molecule has 0 spiro atoms. The predicted octanol–water partition coefficient (Wildman–Crippen LogP) is 3.84. The van der Waals surface area contributed by atoms with Crippen molar-refractivity contribution in [2.24, 2.45) is 0 Å². The van der Waals surface area contributed by atoms with Crippen molar-refractivity contribution in [1.29, 1.82) is 0 Å². The van der Waals surface area contributed by atoms with Gasteiger partial charge in [0.15, 0.2) is 0 Å². The van der Waals surface area contributed by atoms with Gasteiger partial charge < -0.3 is 9.47 Å². The molecule has 1 fully saturated rings. The molecule has 1 aliphatic rings. The van der Waals surface area contributed by atoms with Gasteiger partial charge in [-0.05, 0) is 37.0 Å². The maximum absolute atomic E-state index is 11.2. The molecule has 0 radical (unpaired) electrons. The van der Waals surface area contributed by atoms with E-state index in [0.29, 0.717) is 12.5 Å². The first-order chi connectivity index (χ1) is 9.70. The second-order valence-electron chi connectivity index (χ2n) is 5.21. The zero-order valence-electron chi connectivity index (χ0n) is 12.0. The van der Waals surface area contributed by atoms with Crippen molar-refractivity contribution in [3.8, 4) is 5.75 Å². The molecule has 3 nitrogen and oxygen atoms in total. The molecule has 2 rings (SSSR count). The van der Waals surface area contributed by atoms with Crippen molar-refractivity contribution < 1.29 is 14.3 Å². The van der Waals surface area contributed by atoms with E-state index in [2.05, 4.69) is 18.7 Å². The molecule has 0 amide bonds. The van der Waals surface area contributed by atoms with Crippen molar-refractivity contribution in [2.75, 3.05) is 6.61 Å². The molecular formula is C17H22O3. The van der Waals surface area contributed by atoms with Gasteiger partial charge in [-0.25, -0.2) is 0 Å². The average molecular weight is 274 g/mol. The Morgan fingerprint density at radius 2 is 2.00 bits per heavy atom. The molecule has 20 heavy (non-hydrogen) atoms. The summed E-state index contributed by atoms with van der Waals surface area (Å²) < 4.78 is 11.0. The highest BCUT2D eigenvalue weighted by Crippen LogP contribution is 2.35. The van der Waals surface area contributed by atoms with Gasteiger partial charge in [-0.15, -0.1) is 0 Å². The molecular weight excluding hydrogens is 252 g/mol. The summed E-state index contributed by atoms with van der Waals surface area (Å²) >= 11 is 0. The van der Waals surface area contributed by atoms with Crippen LogP contribution in [0.1, 0.15) is 44.1 Å². The van der Waals surface area contributed by atoms with Crippen LogP contribution in [0.4, 0.5) is 0 Å². The minimum Gasteiger partial charge on any atom is -0.490 e. The number of carbonyl (C=O) groups is 1. The lowest BCUT2D eigenvalue weighted by Gasteiger charge is -2.31. The van der Waals surface area contributed by atoms with Crippen LogP contribution in [0.2, 0.25) is 0 Å². The minimum absolute atomic E-state index is 0.0150.